The van der Waals surface area contributed by atoms with E-state index in [1.165, 1.54) is 12.8 Å². The summed E-state index contributed by atoms with van der Waals surface area (Å²) in [6.45, 7) is 4.24. The van der Waals surface area contributed by atoms with Gasteiger partial charge in [-0.1, -0.05) is 19.8 Å². The first-order valence-electron chi connectivity index (χ1n) is 6.80. The molecule has 1 aliphatic heterocycles. The fourth-order valence-corrected chi connectivity index (χ4v) is 3.05. The zero-order valence-electron chi connectivity index (χ0n) is 10.9. The van der Waals surface area contributed by atoms with E-state index in [-0.39, 0.29) is 5.92 Å². The van der Waals surface area contributed by atoms with Crippen LogP contribution in [-0.2, 0) is 9.53 Å². The number of nitrogens with zero attached hydrogens (tertiary/aromatic N) is 1. The van der Waals surface area contributed by atoms with Crippen molar-refractivity contribution in [3.05, 3.63) is 0 Å². The number of hydrogen-bond acceptors (Lipinski definition) is 3. The Kier molecular flexibility index (Phi) is 4.40. The van der Waals surface area contributed by atoms with E-state index in [4.69, 9.17) is 4.74 Å². The minimum Gasteiger partial charge on any atom is -0.374 e. The van der Waals surface area contributed by atoms with Gasteiger partial charge < -0.3 is 15.0 Å². The van der Waals surface area contributed by atoms with Crippen LogP contribution in [0.3, 0.4) is 0 Å². The number of fused-ring (bicyclic) bond motifs is 1. The van der Waals surface area contributed by atoms with Crippen LogP contribution in [0, 0.1) is 5.92 Å². The van der Waals surface area contributed by atoms with E-state index in [0.717, 1.165) is 25.9 Å². The summed E-state index contributed by atoms with van der Waals surface area (Å²) in [5.41, 5.74) is 0. The maximum absolute atomic E-state index is 12.4. The second-order valence-electron chi connectivity index (χ2n) is 5.25. The third-order valence-electron chi connectivity index (χ3n) is 3.95. The van der Waals surface area contributed by atoms with Crippen molar-refractivity contribution in [1.29, 1.82) is 0 Å². The Hall–Kier alpha value is -0.610. The van der Waals surface area contributed by atoms with Crippen LogP contribution < -0.4 is 5.32 Å². The van der Waals surface area contributed by atoms with Crippen LogP contribution in [0.1, 0.15) is 32.6 Å². The van der Waals surface area contributed by atoms with E-state index in [2.05, 4.69) is 10.2 Å². The highest BCUT2D eigenvalue weighted by Crippen LogP contribution is 2.29. The van der Waals surface area contributed by atoms with E-state index in [1.807, 2.05) is 14.0 Å². The molecule has 3 atom stereocenters. The Labute approximate surface area is 104 Å². The van der Waals surface area contributed by atoms with Crippen molar-refractivity contribution >= 4 is 5.91 Å². The first-order chi connectivity index (χ1) is 8.24. The van der Waals surface area contributed by atoms with Gasteiger partial charge >= 0.3 is 0 Å². The molecule has 1 saturated carbocycles. The first kappa shape index (κ1) is 12.8. The lowest BCUT2D eigenvalue weighted by Gasteiger charge is -2.44. The molecule has 98 valence electrons. The van der Waals surface area contributed by atoms with Crippen molar-refractivity contribution < 1.29 is 9.53 Å². The second kappa shape index (κ2) is 5.83. The van der Waals surface area contributed by atoms with Crippen LogP contribution >= 0.6 is 0 Å². The summed E-state index contributed by atoms with van der Waals surface area (Å²) in [5.74, 6) is 0.361. The molecule has 1 saturated heterocycles. The number of rotatable bonds is 3. The van der Waals surface area contributed by atoms with Gasteiger partial charge in [0.25, 0.3) is 0 Å². The third kappa shape index (κ3) is 2.80. The lowest BCUT2D eigenvalue weighted by molar-refractivity contribution is -0.153. The molecule has 2 fully saturated rings. The Morgan fingerprint density at radius 3 is 3.00 bits per heavy atom. The number of ether oxygens (including phenoxy) is 1. The van der Waals surface area contributed by atoms with E-state index < -0.39 is 0 Å². The van der Waals surface area contributed by atoms with Crippen molar-refractivity contribution in [2.45, 2.75) is 44.8 Å². The molecular weight excluding hydrogens is 216 g/mol. The largest absolute Gasteiger partial charge is 0.374 e. The Balaban J connectivity index is 2.00. The normalized spacial score (nSPS) is 30.8. The summed E-state index contributed by atoms with van der Waals surface area (Å²) in [5, 5.41) is 3.08. The van der Waals surface area contributed by atoms with E-state index in [0.29, 0.717) is 24.7 Å². The van der Waals surface area contributed by atoms with Gasteiger partial charge in [0.15, 0.2) is 0 Å². The van der Waals surface area contributed by atoms with Gasteiger partial charge in [0.1, 0.15) is 0 Å². The van der Waals surface area contributed by atoms with Crippen molar-refractivity contribution in [2.24, 2.45) is 5.92 Å². The smallest absolute Gasteiger partial charge is 0.227 e. The fraction of sp³-hybridized carbons (Fsp3) is 0.923. The molecule has 0 bridgehead atoms. The zero-order valence-corrected chi connectivity index (χ0v) is 10.9. The van der Waals surface area contributed by atoms with Crippen molar-refractivity contribution in [2.75, 3.05) is 26.7 Å². The third-order valence-corrected chi connectivity index (χ3v) is 3.95. The average Bonchev–Trinajstić information content (AvgIpc) is 2.37. The van der Waals surface area contributed by atoms with Crippen LogP contribution in [0.15, 0.2) is 0 Å². The molecule has 1 heterocycles. The van der Waals surface area contributed by atoms with E-state index >= 15 is 0 Å². The van der Waals surface area contributed by atoms with Gasteiger partial charge in [0, 0.05) is 19.0 Å². The predicted octanol–water partition coefficient (Wildman–Crippen LogP) is 1.01. The molecule has 17 heavy (non-hydrogen) atoms. The van der Waals surface area contributed by atoms with Crippen LogP contribution in [-0.4, -0.2) is 49.7 Å². The molecule has 0 radical (unpaired) electrons. The number of amides is 1. The van der Waals surface area contributed by atoms with Crippen LogP contribution in [0.5, 0.6) is 0 Å². The summed E-state index contributed by atoms with van der Waals surface area (Å²) in [4.78, 5) is 14.5. The quantitative estimate of drug-likeness (QED) is 0.800. The number of hydrogen-bond donors (Lipinski definition) is 1. The Morgan fingerprint density at radius 2 is 2.24 bits per heavy atom. The molecule has 0 aromatic rings. The topological polar surface area (TPSA) is 41.6 Å². The molecule has 2 rings (SSSR count). The zero-order chi connectivity index (χ0) is 12.3. The number of morpholine rings is 1. The SMILES string of the molecule is CNCC(C)C(=O)N1CCOC2CCCCC21. The number of carbonyl (C=O) groups is 1. The Morgan fingerprint density at radius 1 is 1.47 bits per heavy atom. The molecule has 2 aliphatic rings. The van der Waals surface area contributed by atoms with E-state index in [9.17, 15) is 4.79 Å². The number of nitrogens with one attached hydrogen (secondary N) is 1. The summed E-state index contributed by atoms with van der Waals surface area (Å²) in [6, 6.07) is 0.337. The highest BCUT2D eigenvalue weighted by molar-refractivity contribution is 5.79. The minimum atomic E-state index is 0.0701. The predicted molar refractivity (Wildman–Crippen MR) is 66.8 cm³/mol. The van der Waals surface area contributed by atoms with Crippen molar-refractivity contribution in [3.63, 3.8) is 0 Å². The van der Waals surface area contributed by atoms with E-state index in [1.54, 1.807) is 0 Å². The summed E-state index contributed by atoms with van der Waals surface area (Å²) >= 11 is 0. The van der Waals surface area contributed by atoms with Gasteiger partial charge in [-0.2, -0.15) is 0 Å². The standard InChI is InChI=1S/C13H24N2O2/c1-10(9-14-2)13(16)15-7-8-17-12-6-4-3-5-11(12)15/h10-12,14H,3-9H2,1-2H3. The van der Waals surface area contributed by atoms with Gasteiger partial charge in [-0.25, -0.2) is 0 Å². The lowest BCUT2D eigenvalue weighted by atomic mass is 9.89. The number of carbonyl (C=O) groups excluding carboxylic acids is 1. The average molecular weight is 240 g/mol. The maximum Gasteiger partial charge on any atom is 0.227 e. The highest BCUT2D eigenvalue weighted by Gasteiger charge is 2.37. The molecule has 0 spiro atoms. The first-order valence-corrected chi connectivity index (χ1v) is 6.80. The molecule has 3 unspecified atom stereocenters. The Bertz CT molecular complexity index is 268. The van der Waals surface area contributed by atoms with Crippen LogP contribution in [0.4, 0.5) is 0 Å². The maximum atomic E-state index is 12.4. The van der Waals surface area contributed by atoms with Gasteiger partial charge in [0.05, 0.1) is 18.8 Å². The second-order valence-corrected chi connectivity index (χ2v) is 5.25. The fourth-order valence-electron chi connectivity index (χ4n) is 3.05. The summed E-state index contributed by atoms with van der Waals surface area (Å²) in [6.07, 6.45) is 5.00. The molecule has 0 aromatic carbocycles. The molecule has 0 aromatic heterocycles. The summed E-state index contributed by atoms with van der Waals surface area (Å²) in [7, 11) is 1.90. The monoisotopic (exact) mass is 240 g/mol. The van der Waals surface area contributed by atoms with Crippen molar-refractivity contribution in [1.82, 2.24) is 10.2 Å². The van der Waals surface area contributed by atoms with Gasteiger partial charge in [-0.3, -0.25) is 4.79 Å². The van der Waals surface area contributed by atoms with Crippen LogP contribution in [0.25, 0.3) is 0 Å². The molecule has 4 nitrogen and oxygen atoms in total. The summed E-state index contributed by atoms with van der Waals surface area (Å²) < 4.78 is 5.79. The van der Waals surface area contributed by atoms with Crippen molar-refractivity contribution in [3.8, 4) is 0 Å². The van der Waals surface area contributed by atoms with Crippen LogP contribution in [0.2, 0.25) is 0 Å². The van der Waals surface area contributed by atoms with Gasteiger partial charge in [-0.15, -0.1) is 0 Å². The molecule has 1 N–H and O–H groups in total. The molecular formula is C13H24N2O2. The van der Waals surface area contributed by atoms with Gasteiger partial charge in [0.2, 0.25) is 5.91 Å². The molecule has 1 amide bonds. The molecule has 4 heteroatoms. The van der Waals surface area contributed by atoms with Gasteiger partial charge in [-0.05, 0) is 19.9 Å². The minimum absolute atomic E-state index is 0.0701. The lowest BCUT2D eigenvalue weighted by Crippen LogP contribution is -2.56. The highest BCUT2D eigenvalue weighted by atomic mass is 16.5. The molecule has 1 aliphatic carbocycles.